The first-order chi connectivity index (χ1) is 13.1. The SMILES string of the molecule is CS(=O)(=O)c1ccc(-n2ccc(OC3CCN(C(=O)O)CC3)cc2=O)c(Cl)c1. The third kappa shape index (κ3) is 4.48. The maximum atomic E-state index is 12.5. The topological polar surface area (TPSA) is 106 Å². The Balaban J connectivity index is 1.76. The number of rotatable bonds is 4. The molecule has 0 saturated carbocycles. The molecule has 3 rings (SSSR count). The molecule has 28 heavy (non-hydrogen) atoms. The Bertz CT molecular complexity index is 1060. The van der Waals surface area contributed by atoms with Gasteiger partial charge in [0.2, 0.25) is 0 Å². The van der Waals surface area contributed by atoms with Crippen LogP contribution in [0, 0.1) is 0 Å². The van der Waals surface area contributed by atoms with Crippen LogP contribution in [0.3, 0.4) is 0 Å². The van der Waals surface area contributed by atoms with Gasteiger partial charge in [0.05, 0.1) is 15.6 Å². The number of nitrogens with zero attached hydrogens (tertiary/aromatic N) is 2. The molecule has 0 unspecified atom stereocenters. The van der Waals surface area contributed by atoms with Gasteiger partial charge in [0, 0.05) is 44.5 Å². The van der Waals surface area contributed by atoms with Crippen LogP contribution in [0.5, 0.6) is 5.75 Å². The molecule has 0 radical (unpaired) electrons. The van der Waals surface area contributed by atoms with E-state index in [1.54, 1.807) is 6.07 Å². The predicted octanol–water partition coefficient (Wildman–Crippen LogP) is 2.42. The Hall–Kier alpha value is -2.52. The summed E-state index contributed by atoms with van der Waals surface area (Å²) < 4.78 is 30.3. The molecule has 1 aliphatic rings. The summed E-state index contributed by atoms with van der Waals surface area (Å²) in [5.41, 5.74) is -0.0186. The number of ether oxygens (including phenoxy) is 1. The Morgan fingerprint density at radius 1 is 1.21 bits per heavy atom. The second-order valence-electron chi connectivity index (χ2n) is 6.54. The van der Waals surface area contributed by atoms with Gasteiger partial charge in [-0.2, -0.15) is 0 Å². The summed E-state index contributed by atoms with van der Waals surface area (Å²) in [6.45, 7) is 0.777. The molecule has 1 aromatic carbocycles. The molecule has 0 atom stereocenters. The van der Waals surface area contributed by atoms with E-state index in [0.29, 0.717) is 37.4 Å². The number of benzene rings is 1. The van der Waals surface area contributed by atoms with Gasteiger partial charge in [-0.05, 0) is 24.3 Å². The fraction of sp³-hybridized carbons (Fsp3) is 0.333. The van der Waals surface area contributed by atoms with Gasteiger partial charge < -0.3 is 14.7 Å². The van der Waals surface area contributed by atoms with E-state index in [1.807, 2.05) is 0 Å². The highest BCUT2D eigenvalue weighted by molar-refractivity contribution is 7.90. The maximum absolute atomic E-state index is 12.5. The highest BCUT2D eigenvalue weighted by Gasteiger charge is 2.23. The largest absolute Gasteiger partial charge is 0.490 e. The van der Waals surface area contributed by atoms with Crippen molar-refractivity contribution < 1.29 is 23.1 Å². The number of aromatic nitrogens is 1. The van der Waals surface area contributed by atoms with Crippen LogP contribution in [-0.4, -0.2) is 54.5 Å². The number of likely N-dealkylation sites (tertiary alicyclic amines) is 1. The van der Waals surface area contributed by atoms with Gasteiger partial charge in [0.1, 0.15) is 11.9 Å². The first kappa shape index (κ1) is 20.2. The van der Waals surface area contributed by atoms with Gasteiger partial charge >= 0.3 is 6.09 Å². The van der Waals surface area contributed by atoms with Crippen LogP contribution in [0.2, 0.25) is 5.02 Å². The van der Waals surface area contributed by atoms with Crippen LogP contribution >= 0.6 is 11.6 Å². The van der Waals surface area contributed by atoms with Crippen molar-refractivity contribution in [2.45, 2.75) is 23.8 Å². The van der Waals surface area contributed by atoms with E-state index in [9.17, 15) is 18.0 Å². The first-order valence-electron chi connectivity index (χ1n) is 8.52. The van der Waals surface area contributed by atoms with Gasteiger partial charge in [0.25, 0.3) is 5.56 Å². The average molecular weight is 427 g/mol. The zero-order valence-corrected chi connectivity index (χ0v) is 16.6. The molecule has 8 nitrogen and oxygen atoms in total. The van der Waals surface area contributed by atoms with Crippen molar-refractivity contribution in [3.05, 3.63) is 51.9 Å². The van der Waals surface area contributed by atoms with Crippen LogP contribution in [-0.2, 0) is 9.84 Å². The lowest BCUT2D eigenvalue weighted by atomic mass is 10.1. The molecule has 1 fully saturated rings. The fourth-order valence-corrected chi connectivity index (χ4v) is 3.99. The van der Waals surface area contributed by atoms with Crippen LogP contribution in [0.1, 0.15) is 12.8 Å². The van der Waals surface area contributed by atoms with Crippen molar-refractivity contribution in [2.24, 2.45) is 0 Å². The maximum Gasteiger partial charge on any atom is 0.407 e. The molecule has 1 aliphatic heterocycles. The lowest BCUT2D eigenvalue weighted by Gasteiger charge is -2.30. The number of carbonyl (C=O) groups is 1. The summed E-state index contributed by atoms with van der Waals surface area (Å²) in [6.07, 6.45) is 2.58. The number of hydrogen-bond donors (Lipinski definition) is 1. The lowest BCUT2D eigenvalue weighted by Crippen LogP contribution is -2.41. The van der Waals surface area contributed by atoms with Gasteiger partial charge in [-0.15, -0.1) is 0 Å². The summed E-state index contributed by atoms with van der Waals surface area (Å²) in [6, 6.07) is 7.11. The molecular weight excluding hydrogens is 408 g/mol. The fourth-order valence-electron chi connectivity index (χ4n) is 3.00. The third-order valence-electron chi connectivity index (χ3n) is 4.51. The number of sulfone groups is 1. The summed E-state index contributed by atoms with van der Waals surface area (Å²) in [7, 11) is -3.40. The molecule has 1 amide bonds. The molecule has 0 spiro atoms. The minimum absolute atomic E-state index is 0.0713. The minimum atomic E-state index is -3.40. The van der Waals surface area contributed by atoms with Crippen molar-refractivity contribution in [1.82, 2.24) is 9.47 Å². The summed E-state index contributed by atoms with van der Waals surface area (Å²) in [4.78, 5) is 24.8. The lowest BCUT2D eigenvalue weighted by molar-refractivity contribution is 0.0893. The molecule has 1 saturated heterocycles. The van der Waals surface area contributed by atoms with E-state index in [0.717, 1.165) is 6.26 Å². The number of halogens is 1. The van der Waals surface area contributed by atoms with Crippen LogP contribution in [0.25, 0.3) is 5.69 Å². The quantitative estimate of drug-likeness (QED) is 0.804. The van der Waals surface area contributed by atoms with E-state index in [4.69, 9.17) is 21.4 Å². The Morgan fingerprint density at radius 2 is 1.89 bits per heavy atom. The summed E-state index contributed by atoms with van der Waals surface area (Å²) in [5, 5.41) is 9.11. The van der Waals surface area contributed by atoms with Crippen molar-refractivity contribution in [1.29, 1.82) is 0 Å². The number of pyridine rings is 1. The Kier molecular flexibility index (Phi) is 5.66. The molecular formula is C18H19ClN2O6S. The standard InChI is InChI=1S/C18H19ClN2O6S/c1-28(25,26)14-2-3-16(15(19)11-14)21-9-6-13(10-17(21)22)27-12-4-7-20(8-5-12)18(23)24/h2-3,6,9-12H,4-5,7-8H2,1H3,(H,23,24). The van der Waals surface area contributed by atoms with E-state index in [1.165, 1.54) is 39.9 Å². The minimum Gasteiger partial charge on any atom is -0.490 e. The van der Waals surface area contributed by atoms with Gasteiger partial charge in [-0.1, -0.05) is 11.6 Å². The number of carboxylic acid groups (broad SMARTS) is 1. The predicted molar refractivity (Wildman–Crippen MR) is 103 cm³/mol. The van der Waals surface area contributed by atoms with Gasteiger partial charge in [-0.3, -0.25) is 9.36 Å². The van der Waals surface area contributed by atoms with E-state index in [-0.39, 0.29) is 21.6 Å². The van der Waals surface area contributed by atoms with Crippen molar-refractivity contribution in [2.75, 3.05) is 19.3 Å². The second kappa shape index (κ2) is 7.84. The monoisotopic (exact) mass is 426 g/mol. The Labute approximate surface area is 166 Å². The van der Waals surface area contributed by atoms with Crippen molar-refractivity contribution >= 4 is 27.5 Å². The van der Waals surface area contributed by atoms with Gasteiger partial charge in [0.15, 0.2) is 9.84 Å². The molecule has 10 heteroatoms. The number of amides is 1. The zero-order valence-electron chi connectivity index (χ0n) is 15.0. The normalized spacial score (nSPS) is 15.4. The van der Waals surface area contributed by atoms with E-state index in [2.05, 4.69) is 0 Å². The van der Waals surface area contributed by atoms with Crippen LogP contribution < -0.4 is 10.3 Å². The van der Waals surface area contributed by atoms with Crippen LogP contribution in [0.15, 0.2) is 46.2 Å². The van der Waals surface area contributed by atoms with E-state index >= 15 is 0 Å². The summed E-state index contributed by atoms with van der Waals surface area (Å²) in [5.74, 6) is 0.388. The summed E-state index contributed by atoms with van der Waals surface area (Å²) >= 11 is 6.17. The highest BCUT2D eigenvalue weighted by atomic mass is 35.5. The number of piperidine rings is 1. The molecule has 2 heterocycles. The Morgan fingerprint density at radius 3 is 2.43 bits per heavy atom. The van der Waals surface area contributed by atoms with Crippen LogP contribution in [0.4, 0.5) is 4.79 Å². The van der Waals surface area contributed by atoms with Crippen molar-refractivity contribution in [3.63, 3.8) is 0 Å². The van der Waals surface area contributed by atoms with Gasteiger partial charge in [-0.25, -0.2) is 13.2 Å². The molecule has 2 aromatic rings. The average Bonchev–Trinajstić information content (AvgIpc) is 2.62. The molecule has 1 aromatic heterocycles. The first-order valence-corrected chi connectivity index (χ1v) is 10.8. The molecule has 0 aliphatic carbocycles. The molecule has 0 bridgehead atoms. The molecule has 150 valence electrons. The smallest absolute Gasteiger partial charge is 0.407 e. The zero-order chi connectivity index (χ0) is 20.5. The third-order valence-corrected chi connectivity index (χ3v) is 5.93. The van der Waals surface area contributed by atoms with E-state index < -0.39 is 15.9 Å². The highest BCUT2D eigenvalue weighted by Crippen LogP contribution is 2.24. The molecule has 1 N–H and O–H groups in total. The van der Waals surface area contributed by atoms with Crippen molar-refractivity contribution in [3.8, 4) is 11.4 Å². The number of hydrogen-bond acceptors (Lipinski definition) is 5. The second-order valence-corrected chi connectivity index (χ2v) is 8.97.